The molecule has 0 saturated heterocycles. The van der Waals surface area contributed by atoms with Crippen LogP contribution in [0.1, 0.15) is 44.0 Å². The second-order valence-corrected chi connectivity index (χ2v) is 4.58. The average Bonchev–Trinajstić information content (AvgIpc) is 2.35. The standard InChI is InChI=1S/C14H22N2O2/c1-4-18-14(17)12-8-6-10-16-13(12)15-9-5-7-11(2)3/h6,8,10-11H,4-5,7,9H2,1-3H3,(H,15,16). The molecule has 4 heteroatoms. The van der Waals surface area contributed by atoms with Gasteiger partial charge in [0, 0.05) is 12.7 Å². The molecule has 0 aliphatic heterocycles. The van der Waals surface area contributed by atoms with Crippen LogP contribution in [0.15, 0.2) is 18.3 Å². The fourth-order valence-corrected chi connectivity index (χ4v) is 1.64. The maximum Gasteiger partial charge on any atom is 0.341 e. The Morgan fingerprint density at radius 3 is 2.94 bits per heavy atom. The highest BCUT2D eigenvalue weighted by molar-refractivity contribution is 5.94. The van der Waals surface area contributed by atoms with E-state index in [0.29, 0.717) is 23.9 Å². The zero-order chi connectivity index (χ0) is 13.4. The van der Waals surface area contributed by atoms with Crippen LogP contribution >= 0.6 is 0 Å². The molecule has 1 heterocycles. The topological polar surface area (TPSA) is 51.2 Å². The number of hydrogen-bond donors (Lipinski definition) is 1. The number of esters is 1. The van der Waals surface area contributed by atoms with E-state index in [9.17, 15) is 4.79 Å². The van der Waals surface area contributed by atoms with Crippen molar-refractivity contribution in [2.24, 2.45) is 5.92 Å². The van der Waals surface area contributed by atoms with Crippen molar-refractivity contribution in [3.8, 4) is 0 Å². The summed E-state index contributed by atoms with van der Waals surface area (Å²) in [6.45, 7) is 7.39. The molecule has 1 N–H and O–H groups in total. The minimum atomic E-state index is -0.322. The lowest BCUT2D eigenvalue weighted by Crippen LogP contribution is -2.12. The Balaban J connectivity index is 2.56. The van der Waals surface area contributed by atoms with E-state index in [1.54, 1.807) is 25.3 Å². The number of carbonyl (C=O) groups excluding carboxylic acids is 1. The smallest absolute Gasteiger partial charge is 0.341 e. The molecule has 0 saturated carbocycles. The highest BCUT2D eigenvalue weighted by atomic mass is 16.5. The highest BCUT2D eigenvalue weighted by Crippen LogP contribution is 2.13. The largest absolute Gasteiger partial charge is 0.462 e. The number of carbonyl (C=O) groups is 1. The van der Waals surface area contributed by atoms with Crippen molar-refractivity contribution in [1.29, 1.82) is 0 Å². The number of rotatable bonds is 7. The number of pyridine rings is 1. The van der Waals surface area contributed by atoms with Gasteiger partial charge in [0.1, 0.15) is 11.4 Å². The van der Waals surface area contributed by atoms with Crippen LogP contribution in [-0.4, -0.2) is 24.1 Å². The van der Waals surface area contributed by atoms with Crippen LogP contribution in [0.4, 0.5) is 5.82 Å². The van der Waals surface area contributed by atoms with Gasteiger partial charge in [0.15, 0.2) is 0 Å². The molecular formula is C14H22N2O2. The van der Waals surface area contributed by atoms with Crippen molar-refractivity contribution >= 4 is 11.8 Å². The molecular weight excluding hydrogens is 228 g/mol. The van der Waals surface area contributed by atoms with Gasteiger partial charge in [-0.05, 0) is 37.8 Å². The Hall–Kier alpha value is -1.58. The van der Waals surface area contributed by atoms with Crippen molar-refractivity contribution in [3.05, 3.63) is 23.9 Å². The molecule has 0 unspecified atom stereocenters. The summed E-state index contributed by atoms with van der Waals surface area (Å²) in [5, 5.41) is 3.20. The molecule has 1 aromatic heterocycles. The van der Waals surface area contributed by atoms with Crippen LogP contribution in [-0.2, 0) is 4.74 Å². The van der Waals surface area contributed by atoms with E-state index in [1.807, 2.05) is 0 Å². The first-order chi connectivity index (χ1) is 8.65. The lowest BCUT2D eigenvalue weighted by Gasteiger charge is -2.10. The van der Waals surface area contributed by atoms with Crippen molar-refractivity contribution < 1.29 is 9.53 Å². The second kappa shape index (κ2) is 7.69. The molecule has 0 radical (unpaired) electrons. The van der Waals surface area contributed by atoms with Gasteiger partial charge in [0.05, 0.1) is 6.61 Å². The van der Waals surface area contributed by atoms with Crippen LogP contribution in [0, 0.1) is 5.92 Å². The van der Waals surface area contributed by atoms with Gasteiger partial charge in [0.25, 0.3) is 0 Å². The van der Waals surface area contributed by atoms with Crippen LogP contribution in [0.5, 0.6) is 0 Å². The Labute approximate surface area is 109 Å². The van der Waals surface area contributed by atoms with Crippen molar-refractivity contribution in [2.45, 2.75) is 33.6 Å². The van der Waals surface area contributed by atoms with E-state index >= 15 is 0 Å². The van der Waals surface area contributed by atoms with E-state index < -0.39 is 0 Å². The fraction of sp³-hybridized carbons (Fsp3) is 0.571. The maximum absolute atomic E-state index is 11.7. The van der Waals surface area contributed by atoms with Crippen LogP contribution in [0.25, 0.3) is 0 Å². The normalized spacial score (nSPS) is 10.4. The quantitative estimate of drug-likeness (QED) is 0.596. The molecule has 0 atom stereocenters. The number of ether oxygens (including phenoxy) is 1. The molecule has 0 bridgehead atoms. The Bertz CT molecular complexity index is 378. The predicted molar refractivity (Wildman–Crippen MR) is 72.8 cm³/mol. The summed E-state index contributed by atoms with van der Waals surface area (Å²) in [6.07, 6.45) is 3.90. The summed E-state index contributed by atoms with van der Waals surface area (Å²) in [5.74, 6) is 0.983. The molecule has 0 amide bonds. The minimum Gasteiger partial charge on any atom is -0.462 e. The minimum absolute atomic E-state index is 0.322. The molecule has 1 rings (SSSR count). The summed E-state index contributed by atoms with van der Waals surface area (Å²) in [7, 11) is 0. The fourth-order valence-electron chi connectivity index (χ4n) is 1.64. The van der Waals surface area contributed by atoms with E-state index in [2.05, 4.69) is 24.1 Å². The lowest BCUT2D eigenvalue weighted by atomic mass is 10.1. The van der Waals surface area contributed by atoms with Gasteiger partial charge in [0.2, 0.25) is 0 Å². The van der Waals surface area contributed by atoms with Gasteiger partial charge in [-0.15, -0.1) is 0 Å². The van der Waals surface area contributed by atoms with Crippen LogP contribution in [0.3, 0.4) is 0 Å². The SMILES string of the molecule is CCOC(=O)c1cccnc1NCCCC(C)C. The summed E-state index contributed by atoms with van der Waals surface area (Å²) in [6, 6.07) is 3.47. The summed E-state index contributed by atoms with van der Waals surface area (Å²) < 4.78 is 4.99. The van der Waals surface area contributed by atoms with Crippen molar-refractivity contribution in [1.82, 2.24) is 4.98 Å². The zero-order valence-corrected chi connectivity index (χ0v) is 11.4. The van der Waals surface area contributed by atoms with Crippen molar-refractivity contribution in [3.63, 3.8) is 0 Å². The zero-order valence-electron chi connectivity index (χ0n) is 11.4. The second-order valence-electron chi connectivity index (χ2n) is 4.58. The molecule has 0 fully saturated rings. The predicted octanol–water partition coefficient (Wildman–Crippen LogP) is 3.11. The van der Waals surface area contributed by atoms with Crippen molar-refractivity contribution in [2.75, 3.05) is 18.5 Å². The van der Waals surface area contributed by atoms with Gasteiger partial charge in [-0.25, -0.2) is 9.78 Å². The van der Waals surface area contributed by atoms with E-state index in [1.165, 1.54) is 0 Å². The van der Waals surface area contributed by atoms with Gasteiger partial charge in [-0.3, -0.25) is 0 Å². The third kappa shape index (κ3) is 4.73. The molecule has 0 aliphatic rings. The molecule has 0 aromatic carbocycles. The maximum atomic E-state index is 11.7. The summed E-state index contributed by atoms with van der Waals surface area (Å²) in [5.41, 5.74) is 0.504. The molecule has 4 nitrogen and oxygen atoms in total. The Kier molecular flexibility index (Phi) is 6.19. The first-order valence-corrected chi connectivity index (χ1v) is 6.51. The summed E-state index contributed by atoms with van der Waals surface area (Å²) >= 11 is 0. The molecule has 0 aliphatic carbocycles. The Morgan fingerprint density at radius 2 is 2.28 bits per heavy atom. The first-order valence-electron chi connectivity index (χ1n) is 6.51. The van der Waals surface area contributed by atoms with Gasteiger partial charge < -0.3 is 10.1 Å². The molecule has 100 valence electrons. The number of anilines is 1. The van der Waals surface area contributed by atoms with Gasteiger partial charge >= 0.3 is 5.97 Å². The van der Waals surface area contributed by atoms with Gasteiger partial charge in [-0.1, -0.05) is 13.8 Å². The Morgan fingerprint density at radius 1 is 1.50 bits per heavy atom. The third-order valence-electron chi connectivity index (χ3n) is 2.55. The number of aromatic nitrogens is 1. The van der Waals surface area contributed by atoms with E-state index in [4.69, 9.17) is 4.74 Å². The number of hydrogen-bond acceptors (Lipinski definition) is 4. The van der Waals surface area contributed by atoms with E-state index in [0.717, 1.165) is 19.4 Å². The lowest BCUT2D eigenvalue weighted by molar-refractivity contribution is 0.0527. The monoisotopic (exact) mass is 250 g/mol. The van der Waals surface area contributed by atoms with Crippen LogP contribution in [0.2, 0.25) is 0 Å². The highest BCUT2D eigenvalue weighted by Gasteiger charge is 2.12. The van der Waals surface area contributed by atoms with Crippen LogP contribution < -0.4 is 5.32 Å². The van der Waals surface area contributed by atoms with Gasteiger partial charge in [-0.2, -0.15) is 0 Å². The number of nitrogens with zero attached hydrogens (tertiary/aromatic N) is 1. The first kappa shape index (κ1) is 14.5. The van der Waals surface area contributed by atoms with E-state index in [-0.39, 0.29) is 5.97 Å². The average molecular weight is 250 g/mol. The molecule has 0 spiro atoms. The summed E-state index contributed by atoms with van der Waals surface area (Å²) in [4.78, 5) is 15.9. The molecule has 18 heavy (non-hydrogen) atoms. The third-order valence-corrected chi connectivity index (χ3v) is 2.55. The molecule has 1 aromatic rings. The number of nitrogens with one attached hydrogen (secondary N) is 1.